The van der Waals surface area contributed by atoms with Crippen LogP contribution in [0.5, 0.6) is 0 Å². The van der Waals surface area contributed by atoms with Gasteiger partial charge in [0.2, 0.25) is 0 Å². The van der Waals surface area contributed by atoms with Gasteiger partial charge >= 0.3 is 6.09 Å². The van der Waals surface area contributed by atoms with Crippen molar-refractivity contribution in [3.05, 3.63) is 0 Å². The van der Waals surface area contributed by atoms with E-state index in [0.29, 0.717) is 13.0 Å². The van der Waals surface area contributed by atoms with Crippen LogP contribution in [0.2, 0.25) is 0 Å². The Bertz CT molecular complexity index is 315. The number of hydrogen-bond donors (Lipinski definition) is 1. The molecule has 0 spiro atoms. The van der Waals surface area contributed by atoms with Crippen LogP contribution in [0.1, 0.15) is 41.0 Å². The molecule has 1 amide bonds. The van der Waals surface area contributed by atoms with E-state index in [9.17, 15) is 9.59 Å². The summed E-state index contributed by atoms with van der Waals surface area (Å²) in [6, 6.07) is -0.544. The third-order valence-corrected chi connectivity index (χ3v) is 2.51. The third kappa shape index (κ3) is 4.00. The highest BCUT2D eigenvalue weighted by atomic mass is 16.6. The zero-order valence-electron chi connectivity index (χ0n) is 11.1. The summed E-state index contributed by atoms with van der Waals surface area (Å²) in [6.45, 7) is 9.33. The lowest BCUT2D eigenvalue weighted by atomic mass is 9.99. The number of nitrogens with one attached hydrogen (secondary N) is 1. The molecule has 2 atom stereocenters. The van der Waals surface area contributed by atoms with E-state index in [1.54, 1.807) is 27.7 Å². The molecule has 1 N–H and O–H groups in total. The predicted molar refractivity (Wildman–Crippen MR) is 62.8 cm³/mol. The number of alkyl carbamates (subject to hydrolysis) is 1. The van der Waals surface area contributed by atoms with E-state index in [4.69, 9.17) is 9.47 Å². The lowest BCUT2D eigenvalue weighted by Crippen LogP contribution is -2.47. The Morgan fingerprint density at radius 2 is 2.00 bits per heavy atom. The summed E-state index contributed by atoms with van der Waals surface area (Å²) in [6.07, 6.45) is -0.0428. The molecule has 0 aromatic rings. The van der Waals surface area contributed by atoms with E-state index < -0.39 is 23.3 Å². The normalized spacial score (nSPS) is 25.0. The van der Waals surface area contributed by atoms with Crippen molar-refractivity contribution in [2.45, 2.75) is 58.3 Å². The van der Waals surface area contributed by atoms with Crippen LogP contribution in [0, 0.1) is 0 Å². The Labute approximate surface area is 102 Å². The molecule has 0 aliphatic carbocycles. The number of Topliss-reactive ketones (excluding diaryl/α,β-unsaturated/α-hetero) is 1. The molecule has 0 aromatic carbocycles. The molecule has 1 saturated heterocycles. The average molecular weight is 243 g/mol. The number of carbonyl (C=O) groups is 2. The molecule has 0 saturated carbocycles. The van der Waals surface area contributed by atoms with Crippen molar-refractivity contribution in [3.63, 3.8) is 0 Å². The van der Waals surface area contributed by atoms with E-state index in [1.807, 2.05) is 6.92 Å². The van der Waals surface area contributed by atoms with Crippen LogP contribution in [0.4, 0.5) is 4.79 Å². The number of carbonyl (C=O) groups excluding carboxylic acids is 2. The zero-order chi connectivity index (χ0) is 13.3. The molecule has 0 radical (unpaired) electrons. The summed E-state index contributed by atoms with van der Waals surface area (Å²) < 4.78 is 10.2. The fourth-order valence-corrected chi connectivity index (χ4v) is 1.42. The Hall–Kier alpha value is -1.10. The Morgan fingerprint density at radius 1 is 1.47 bits per heavy atom. The molecular weight excluding hydrogens is 222 g/mol. The van der Waals surface area contributed by atoms with E-state index >= 15 is 0 Å². The lowest BCUT2D eigenvalue weighted by molar-refractivity contribution is -0.125. The van der Waals surface area contributed by atoms with Crippen molar-refractivity contribution in [1.29, 1.82) is 0 Å². The van der Waals surface area contributed by atoms with Gasteiger partial charge in [0, 0.05) is 0 Å². The molecule has 1 fully saturated rings. The Morgan fingerprint density at radius 3 is 2.35 bits per heavy atom. The van der Waals surface area contributed by atoms with Gasteiger partial charge in [-0.1, -0.05) is 6.92 Å². The molecule has 5 nitrogen and oxygen atoms in total. The second kappa shape index (κ2) is 4.64. The summed E-state index contributed by atoms with van der Waals surface area (Å²) in [7, 11) is 0. The average Bonchev–Trinajstić information content (AvgIpc) is 2.90. The fourth-order valence-electron chi connectivity index (χ4n) is 1.42. The third-order valence-electron chi connectivity index (χ3n) is 2.51. The molecule has 0 bridgehead atoms. The maximum atomic E-state index is 12.0. The van der Waals surface area contributed by atoms with Gasteiger partial charge in [-0.15, -0.1) is 0 Å². The number of rotatable bonds is 4. The summed E-state index contributed by atoms with van der Waals surface area (Å²) in [5, 5.41) is 2.58. The highest BCUT2D eigenvalue weighted by Gasteiger charge is 2.49. The molecule has 1 aliphatic rings. The number of amides is 1. The smallest absolute Gasteiger partial charge is 0.408 e. The standard InChI is InChI=1S/C12H21NO4/c1-6-8(9(14)12(5)7-16-12)13-10(15)17-11(2,3)4/h8H,6-7H2,1-5H3,(H,13,15). The number of hydrogen-bond acceptors (Lipinski definition) is 4. The van der Waals surface area contributed by atoms with Crippen molar-refractivity contribution in [2.24, 2.45) is 0 Å². The van der Waals surface area contributed by atoms with Gasteiger partial charge in [-0.25, -0.2) is 4.79 Å². The fraction of sp³-hybridized carbons (Fsp3) is 0.833. The first kappa shape index (κ1) is 14.0. The number of epoxide rings is 1. The summed E-state index contributed by atoms with van der Waals surface area (Å²) in [4.78, 5) is 23.5. The van der Waals surface area contributed by atoms with Crippen LogP contribution in [0.15, 0.2) is 0 Å². The largest absolute Gasteiger partial charge is 0.444 e. The van der Waals surface area contributed by atoms with Gasteiger partial charge in [0.1, 0.15) is 11.2 Å². The molecule has 2 unspecified atom stereocenters. The van der Waals surface area contributed by atoms with E-state index in [-0.39, 0.29) is 5.78 Å². The molecule has 5 heteroatoms. The summed E-state index contributed by atoms with van der Waals surface area (Å²) in [5.41, 5.74) is -1.28. The summed E-state index contributed by atoms with van der Waals surface area (Å²) in [5.74, 6) is -0.0918. The van der Waals surface area contributed by atoms with Gasteiger partial charge < -0.3 is 14.8 Å². The van der Waals surface area contributed by atoms with Crippen LogP contribution in [0.3, 0.4) is 0 Å². The second-order valence-corrected chi connectivity index (χ2v) is 5.49. The molecule has 1 rings (SSSR count). The van der Waals surface area contributed by atoms with Gasteiger partial charge in [-0.2, -0.15) is 0 Å². The Balaban J connectivity index is 2.52. The molecule has 0 aromatic heterocycles. The topological polar surface area (TPSA) is 67.9 Å². The minimum absolute atomic E-state index is 0.0918. The van der Waals surface area contributed by atoms with E-state index in [2.05, 4.69) is 5.32 Å². The maximum Gasteiger partial charge on any atom is 0.408 e. The number of ether oxygens (including phenoxy) is 2. The zero-order valence-corrected chi connectivity index (χ0v) is 11.1. The van der Waals surface area contributed by atoms with Crippen LogP contribution in [-0.4, -0.2) is 35.7 Å². The predicted octanol–water partition coefficient (Wildman–Crippen LogP) is 1.65. The van der Waals surface area contributed by atoms with Crippen molar-refractivity contribution in [1.82, 2.24) is 5.32 Å². The monoisotopic (exact) mass is 243 g/mol. The molecular formula is C12H21NO4. The lowest BCUT2D eigenvalue weighted by Gasteiger charge is -2.23. The molecule has 17 heavy (non-hydrogen) atoms. The van der Waals surface area contributed by atoms with E-state index in [1.165, 1.54) is 0 Å². The van der Waals surface area contributed by atoms with Crippen LogP contribution < -0.4 is 5.32 Å². The van der Waals surface area contributed by atoms with Crippen LogP contribution in [-0.2, 0) is 14.3 Å². The highest BCUT2D eigenvalue weighted by Crippen LogP contribution is 2.28. The molecule has 1 aliphatic heterocycles. The second-order valence-electron chi connectivity index (χ2n) is 5.49. The minimum Gasteiger partial charge on any atom is -0.444 e. The van der Waals surface area contributed by atoms with E-state index in [0.717, 1.165) is 0 Å². The van der Waals surface area contributed by atoms with Gasteiger partial charge in [0.25, 0.3) is 0 Å². The highest BCUT2D eigenvalue weighted by molar-refractivity contribution is 5.95. The minimum atomic E-state index is -0.713. The maximum absolute atomic E-state index is 12.0. The first-order valence-corrected chi connectivity index (χ1v) is 5.86. The van der Waals surface area contributed by atoms with Gasteiger partial charge in [-0.05, 0) is 34.1 Å². The molecule has 1 heterocycles. The summed E-state index contributed by atoms with van der Waals surface area (Å²) >= 11 is 0. The van der Waals surface area contributed by atoms with Crippen molar-refractivity contribution in [2.75, 3.05) is 6.61 Å². The Kier molecular flexibility index (Phi) is 3.81. The van der Waals surface area contributed by atoms with Gasteiger partial charge in [-0.3, -0.25) is 4.79 Å². The molecule has 98 valence electrons. The quantitative estimate of drug-likeness (QED) is 0.762. The first-order chi connectivity index (χ1) is 7.68. The van der Waals surface area contributed by atoms with Crippen LogP contribution in [0.25, 0.3) is 0 Å². The van der Waals surface area contributed by atoms with Gasteiger partial charge in [0.05, 0.1) is 12.6 Å². The van der Waals surface area contributed by atoms with Crippen molar-refractivity contribution >= 4 is 11.9 Å². The van der Waals surface area contributed by atoms with Crippen molar-refractivity contribution < 1.29 is 19.1 Å². The SMILES string of the molecule is CCC(NC(=O)OC(C)(C)C)C(=O)C1(C)CO1. The van der Waals surface area contributed by atoms with Crippen LogP contribution >= 0.6 is 0 Å². The number of ketones is 1. The first-order valence-electron chi connectivity index (χ1n) is 5.86. The van der Waals surface area contributed by atoms with Gasteiger partial charge in [0.15, 0.2) is 5.78 Å². The van der Waals surface area contributed by atoms with Crippen molar-refractivity contribution in [3.8, 4) is 0 Å².